The van der Waals surface area contributed by atoms with Gasteiger partial charge < -0.3 is 9.13 Å². The third kappa shape index (κ3) is 4.37. The standard InChI is InChI=1S/2C20H17N/c1-14-11-12-17-19(13-14)21(16-8-4-3-5-9-16)18-10-6-7-15(2)20(17)18;1-14-8-10-17-18-11-9-15(2)13-20(18)21(19(17)12-14)16-6-4-3-5-7-16/h2*3-13H,1-2H3. The van der Waals surface area contributed by atoms with Crippen molar-refractivity contribution in [3.63, 3.8) is 0 Å². The van der Waals surface area contributed by atoms with Gasteiger partial charge in [0.05, 0.1) is 22.1 Å². The predicted molar refractivity (Wildman–Crippen MR) is 181 cm³/mol. The van der Waals surface area contributed by atoms with Gasteiger partial charge in [-0.2, -0.15) is 0 Å². The number of rotatable bonds is 2. The van der Waals surface area contributed by atoms with E-state index in [1.54, 1.807) is 0 Å². The highest BCUT2D eigenvalue weighted by Crippen LogP contribution is 2.35. The molecule has 8 aromatic rings. The third-order valence-electron chi connectivity index (χ3n) is 8.26. The number of aromatic nitrogens is 2. The average Bonchev–Trinajstić information content (AvgIpc) is 3.50. The first-order valence-corrected chi connectivity index (χ1v) is 14.6. The van der Waals surface area contributed by atoms with Crippen molar-refractivity contribution in [3.05, 3.63) is 156 Å². The van der Waals surface area contributed by atoms with Crippen LogP contribution in [0.3, 0.4) is 0 Å². The summed E-state index contributed by atoms with van der Waals surface area (Å²) in [6.45, 7) is 8.64. The quantitative estimate of drug-likeness (QED) is 0.206. The Morgan fingerprint density at radius 3 is 1.29 bits per heavy atom. The Morgan fingerprint density at radius 1 is 0.357 bits per heavy atom. The Kier molecular flexibility index (Phi) is 6.40. The fourth-order valence-electron chi connectivity index (χ4n) is 6.31. The molecule has 2 heteroatoms. The van der Waals surface area contributed by atoms with E-state index in [-0.39, 0.29) is 0 Å². The molecule has 0 bridgehead atoms. The van der Waals surface area contributed by atoms with Gasteiger partial charge in [-0.05, 0) is 98.5 Å². The van der Waals surface area contributed by atoms with Gasteiger partial charge in [-0.1, -0.05) is 84.9 Å². The van der Waals surface area contributed by atoms with Gasteiger partial charge in [-0.3, -0.25) is 0 Å². The van der Waals surface area contributed by atoms with Crippen molar-refractivity contribution in [2.45, 2.75) is 27.7 Å². The van der Waals surface area contributed by atoms with Gasteiger partial charge in [0.25, 0.3) is 0 Å². The van der Waals surface area contributed by atoms with E-state index in [0.717, 1.165) is 0 Å². The highest BCUT2D eigenvalue weighted by molar-refractivity contribution is 6.11. The second-order valence-electron chi connectivity index (χ2n) is 11.4. The van der Waals surface area contributed by atoms with Gasteiger partial charge >= 0.3 is 0 Å². The first-order chi connectivity index (χ1) is 20.5. The van der Waals surface area contributed by atoms with Crippen LogP contribution in [0.2, 0.25) is 0 Å². The zero-order valence-electron chi connectivity index (χ0n) is 24.6. The zero-order valence-corrected chi connectivity index (χ0v) is 24.6. The van der Waals surface area contributed by atoms with E-state index in [9.17, 15) is 0 Å². The van der Waals surface area contributed by atoms with Crippen molar-refractivity contribution in [2.24, 2.45) is 0 Å². The molecule has 42 heavy (non-hydrogen) atoms. The Morgan fingerprint density at radius 2 is 0.786 bits per heavy atom. The molecule has 2 heterocycles. The van der Waals surface area contributed by atoms with Crippen molar-refractivity contribution in [1.82, 2.24) is 9.13 Å². The lowest BCUT2D eigenvalue weighted by molar-refractivity contribution is 1.17. The van der Waals surface area contributed by atoms with Crippen molar-refractivity contribution < 1.29 is 0 Å². The summed E-state index contributed by atoms with van der Waals surface area (Å²) < 4.78 is 4.73. The molecule has 0 amide bonds. The van der Waals surface area contributed by atoms with Crippen LogP contribution in [-0.4, -0.2) is 9.13 Å². The fraction of sp³-hybridized carbons (Fsp3) is 0.100. The van der Waals surface area contributed by atoms with Crippen LogP contribution >= 0.6 is 0 Å². The maximum Gasteiger partial charge on any atom is 0.0543 e. The van der Waals surface area contributed by atoms with Gasteiger partial charge in [-0.25, -0.2) is 0 Å². The van der Waals surface area contributed by atoms with E-state index in [1.807, 2.05) is 0 Å². The number of nitrogens with zero attached hydrogens (tertiary/aromatic N) is 2. The monoisotopic (exact) mass is 542 g/mol. The van der Waals surface area contributed by atoms with Crippen LogP contribution in [0.15, 0.2) is 133 Å². The normalized spacial score (nSPS) is 11.3. The minimum atomic E-state index is 1.22. The largest absolute Gasteiger partial charge is 0.309 e. The molecular weight excluding hydrogens is 508 g/mol. The minimum absolute atomic E-state index is 1.22. The van der Waals surface area contributed by atoms with E-state index in [2.05, 4.69) is 170 Å². The van der Waals surface area contributed by atoms with Crippen LogP contribution in [0.25, 0.3) is 55.0 Å². The van der Waals surface area contributed by atoms with E-state index < -0.39 is 0 Å². The van der Waals surface area contributed by atoms with Crippen molar-refractivity contribution in [1.29, 1.82) is 0 Å². The summed E-state index contributed by atoms with van der Waals surface area (Å²) >= 11 is 0. The van der Waals surface area contributed by atoms with E-state index >= 15 is 0 Å². The SMILES string of the molecule is Cc1ccc2c3c(C)cccc3n(-c3ccccc3)c2c1.Cc1ccc2c3ccc(C)cc3n(-c3ccccc3)c2c1. The topological polar surface area (TPSA) is 9.86 Å². The first-order valence-electron chi connectivity index (χ1n) is 14.6. The Balaban J connectivity index is 0.000000137. The molecule has 0 unspecified atom stereocenters. The Bertz CT molecular complexity index is 2110. The van der Waals surface area contributed by atoms with Crippen LogP contribution in [0, 0.1) is 27.7 Å². The molecule has 0 aliphatic rings. The molecular formula is C40H34N2. The van der Waals surface area contributed by atoms with Gasteiger partial charge in [0.2, 0.25) is 0 Å². The summed E-state index contributed by atoms with van der Waals surface area (Å²) in [6, 6.07) is 47.9. The smallest absolute Gasteiger partial charge is 0.0543 e. The summed E-state index contributed by atoms with van der Waals surface area (Å²) in [5.74, 6) is 0. The third-order valence-corrected chi connectivity index (χ3v) is 8.26. The summed E-state index contributed by atoms with van der Waals surface area (Å²) in [4.78, 5) is 0. The molecule has 8 rings (SSSR count). The lowest BCUT2D eigenvalue weighted by Crippen LogP contribution is -1.93. The van der Waals surface area contributed by atoms with Gasteiger partial charge in [0.15, 0.2) is 0 Å². The molecule has 0 radical (unpaired) electrons. The summed E-state index contributed by atoms with van der Waals surface area (Å²) in [7, 11) is 0. The molecule has 0 saturated heterocycles. The Hall–Kier alpha value is -5.08. The Labute approximate surface area is 247 Å². The van der Waals surface area contributed by atoms with Gasteiger partial charge in [0, 0.05) is 32.9 Å². The molecule has 0 spiro atoms. The number of benzene rings is 6. The number of aryl methyl sites for hydroxylation is 4. The van der Waals surface area contributed by atoms with Gasteiger partial charge in [0.1, 0.15) is 0 Å². The maximum atomic E-state index is 2.37. The lowest BCUT2D eigenvalue weighted by Gasteiger charge is -2.08. The van der Waals surface area contributed by atoms with Crippen LogP contribution in [-0.2, 0) is 0 Å². The molecule has 2 nitrogen and oxygen atoms in total. The summed E-state index contributed by atoms with van der Waals surface area (Å²) in [5, 5.41) is 5.33. The second-order valence-corrected chi connectivity index (χ2v) is 11.4. The van der Waals surface area contributed by atoms with Crippen LogP contribution in [0.5, 0.6) is 0 Å². The summed E-state index contributed by atoms with van der Waals surface area (Å²) in [6.07, 6.45) is 0. The zero-order chi connectivity index (χ0) is 28.8. The molecule has 6 aromatic carbocycles. The molecule has 0 saturated carbocycles. The molecule has 0 atom stereocenters. The lowest BCUT2D eigenvalue weighted by atomic mass is 10.1. The summed E-state index contributed by atoms with van der Waals surface area (Å²) in [5.41, 5.74) is 12.8. The fourth-order valence-corrected chi connectivity index (χ4v) is 6.31. The number of hydrogen-bond acceptors (Lipinski definition) is 0. The van der Waals surface area contributed by atoms with E-state index in [0.29, 0.717) is 0 Å². The minimum Gasteiger partial charge on any atom is -0.309 e. The van der Waals surface area contributed by atoms with Crippen LogP contribution in [0.4, 0.5) is 0 Å². The molecule has 0 N–H and O–H groups in total. The number of fused-ring (bicyclic) bond motifs is 6. The molecule has 0 aliphatic heterocycles. The highest BCUT2D eigenvalue weighted by atomic mass is 15.0. The molecule has 0 fully saturated rings. The van der Waals surface area contributed by atoms with Gasteiger partial charge in [-0.15, -0.1) is 0 Å². The predicted octanol–water partition coefficient (Wildman–Crippen LogP) is 10.8. The second kappa shape index (κ2) is 10.4. The van der Waals surface area contributed by atoms with E-state index in [1.165, 1.54) is 77.2 Å². The molecule has 2 aromatic heterocycles. The first kappa shape index (κ1) is 25.9. The number of para-hydroxylation sites is 2. The maximum absolute atomic E-state index is 2.37. The molecule has 204 valence electrons. The van der Waals surface area contributed by atoms with Crippen molar-refractivity contribution >= 4 is 43.6 Å². The van der Waals surface area contributed by atoms with Crippen LogP contribution < -0.4 is 0 Å². The highest BCUT2D eigenvalue weighted by Gasteiger charge is 2.14. The molecule has 0 aliphatic carbocycles. The number of hydrogen-bond donors (Lipinski definition) is 0. The van der Waals surface area contributed by atoms with Crippen LogP contribution in [0.1, 0.15) is 22.3 Å². The van der Waals surface area contributed by atoms with Crippen molar-refractivity contribution in [2.75, 3.05) is 0 Å². The van der Waals surface area contributed by atoms with E-state index in [4.69, 9.17) is 0 Å². The van der Waals surface area contributed by atoms with Crippen molar-refractivity contribution in [3.8, 4) is 11.4 Å². The average molecular weight is 543 g/mol.